The SMILES string of the molecule is Cc1cc(OCCCc2c3n(c4c(-c5c(C)ncnc5C)cccc24)[C@H](C)C(Cl)N(c2cn(C)c4ccc(C(N)=O)cc24)C3=O)cc(C)c1Cl. The van der Waals surface area contributed by atoms with Gasteiger partial charge in [0.05, 0.1) is 23.9 Å². The van der Waals surface area contributed by atoms with Crippen LogP contribution in [-0.2, 0) is 13.5 Å². The van der Waals surface area contributed by atoms with Crippen molar-refractivity contribution in [1.82, 2.24) is 19.1 Å². The minimum atomic E-state index is -0.747. The number of halogens is 2. The van der Waals surface area contributed by atoms with Crippen LogP contribution in [-0.4, -0.2) is 43.0 Å². The van der Waals surface area contributed by atoms with Crippen LogP contribution in [0.3, 0.4) is 0 Å². The summed E-state index contributed by atoms with van der Waals surface area (Å²) in [5.74, 6) is -0.00324. The van der Waals surface area contributed by atoms with E-state index in [1.807, 2.05) is 76.7 Å². The fraction of sp³-hybridized carbons (Fsp3) is 0.282. The Bertz CT molecular complexity index is 2320. The summed E-state index contributed by atoms with van der Waals surface area (Å²) in [6, 6.07) is 15.0. The molecule has 4 heterocycles. The zero-order valence-corrected chi connectivity index (χ0v) is 30.4. The molecule has 0 spiro atoms. The number of fused-ring (bicyclic) bond motifs is 4. The van der Waals surface area contributed by atoms with Crippen LogP contribution in [0.5, 0.6) is 5.75 Å². The maximum absolute atomic E-state index is 15.0. The highest BCUT2D eigenvalue weighted by molar-refractivity contribution is 6.32. The van der Waals surface area contributed by atoms with Crippen molar-refractivity contribution in [2.24, 2.45) is 12.8 Å². The van der Waals surface area contributed by atoms with E-state index in [0.29, 0.717) is 36.4 Å². The monoisotopic (exact) mass is 708 g/mol. The van der Waals surface area contributed by atoms with Gasteiger partial charge in [-0.05, 0) is 94.5 Å². The first-order valence-electron chi connectivity index (χ1n) is 16.6. The third-order valence-corrected chi connectivity index (χ3v) is 11.0. The number of anilines is 1. The lowest BCUT2D eigenvalue weighted by Gasteiger charge is -2.38. The van der Waals surface area contributed by atoms with Crippen molar-refractivity contribution in [3.63, 3.8) is 0 Å². The topological polar surface area (TPSA) is 108 Å². The summed E-state index contributed by atoms with van der Waals surface area (Å²) < 4.78 is 10.2. The third kappa shape index (κ3) is 5.40. The number of hydrogen-bond acceptors (Lipinski definition) is 5. The number of alkyl halides is 1. The Morgan fingerprint density at radius 3 is 2.38 bits per heavy atom. The fourth-order valence-corrected chi connectivity index (χ4v) is 7.88. The van der Waals surface area contributed by atoms with Gasteiger partial charge in [0.25, 0.3) is 5.91 Å². The van der Waals surface area contributed by atoms with Crippen molar-refractivity contribution in [1.29, 1.82) is 0 Å². The molecule has 50 heavy (non-hydrogen) atoms. The molecule has 0 radical (unpaired) electrons. The lowest BCUT2D eigenvalue weighted by atomic mass is 9.98. The Morgan fingerprint density at radius 2 is 1.70 bits per heavy atom. The van der Waals surface area contributed by atoms with Gasteiger partial charge in [0.15, 0.2) is 0 Å². The zero-order chi connectivity index (χ0) is 35.6. The molecule has 7 rings (SSSR count). The second kappa shape index (κ2) is 12.8. The van der Waals surface area contributed by atoms with Crippen molar-refractivity contribution in [3.8, 4) is 16.9 Å². The predicted molar refractivity (Wildman–Crippen MR) is 200 cm³/mol. The molecule has 0 aliphatic carbocycles. The van der Waals surface area contributed by atoms with Gasteiger partial charge in [-0.1, -0.05) is 41.4 Å². The molecule has 6 aromatic rings. The van der Waals surface area contributed by atoms with Crippen molar-refractivity contribution >= 4 is 62.5 Å². The molecule has 0 bridgehead atoms. The van der Waals surface area contributed by atoms with Gasteiger partial charge >= 0.3 is 0 Å². The van der Waals surface area contributed by atoms with Crippen LogP contribution in [0.25, 0.3) is 32.9 Å². The standard InChI is InChI=1S/C39H38Cl2N6O3/c1-20-15-26(16-21(2)34(20)40)50-14-8-11-28-27-9-7-10-29(33-22(3)43-19-44-23(33)4)35(27)46-24(5)37(41)47(39(49)36(28)46)32-18-45(6)31-13-12-25(38(42)48)17-30(31)32/h7,9-10,12-13,15-19,24,37H,8,11,14H2,1-6H3,(H2,42,48)/t24-,37?/m1/s1. The van der Waals surface area contributed by atoms with Crippen molar-refractivity contribution < 1.29 is 14.3 Å². The highest BCUT2D eigenvalue weighted by atomic mass is 35.5. The molecular weight excluding hydrogens is 671 g/mol. The predicted octanol–water partition coefficient (Wildman–Crippen LogP) is 8.37. The van der Waals surface area contributed by atoms with Crippen LogP contribution < -0.4 is 15.4 Å². The number of ether oxygens (including phenoxy) is 1. The number of aromatic nitrogens is 4. The summed E-state index contributed by atoms with van der Waals surface area (Å²) in [7, 11) is 1.90. The van der Waals surface area contributed by atoms with Crippen molar-refractivity contribution in [2.45, 2.75) is 59.0 Å². The van der Waals surface area contributed by atoms with Gasteiger partial charge in [0, 0.05) is 62.6 Å². The molecule has 1 unspecified atom stereocenters. The largest absolute Gasteiger partial charge is 0.494 e. The minimum absolute atomic E-state index is 0.222. The Balaban J connectivity index is 1.38. The molecule has 0 saturated carbocycles. The number of carbonyl (C=O) groups excluding carboxylic acids is 2. The van der Waals surface area contributed by atoms with E-state index in [9.17, 15) is 4.79 Å². The summed E-state index contributed by atoms with van der Waals surface area (Å²) >= 11 is 13.7. The van der Waals surface area contributed by atoms with Crippen LogP contribution in [0.4, 0.5) is 5.69 Å². The first-order chi connectivity index (χ1) is 23.9. The van der Waals surface area contributed by atoms with E-state index in [1.54, 1.807) is 23.4 Å². The van der Waals surface area contributed by atoms with Crippen LogP contribution in [0.15, 0.2) is 61.1 Å². The Morgan fingerprint density at radius 1 is 1.00 bits per heavy atom. The second-order valence-corrected chi connectivity index (χ2v) is 14.0. The number of carbonyl (C=O) groups is 2. The number of hydrogen-bond donors (Lipinski definition) is 1. The number of rotatable bonds is 8. The van der Waals surface area contributed by atoms with Gasteiger partial charge < -0.3 is 19.6 Å². The molecule has 2 atom stereocenters. The second-order valence-electron chi connectivity index (χ2n) is 13.2. The summed E-state index contributed by atoms with van der Waals surface area (Å²) in [4.78, 5) is 37.9. The van der Waals surface area contributed by atoms with E-state index in [-0.39, 0.29) is 11.9 Å². The number of para-hydroxylation sites is 1. The van der Waals surface area contributed by atoms with E-state index < -0.39 is 11.4 Å². The van der Waals surface area contributed by atoms with Crippen molar-refractivity contribution in [2.75, 3.05) is 11.5 Å². The smallest absolute Gasteiger partial charge is 0.276 e. The minimum Gasteiger partial charge on any atom is -0.494 e. The Hall–Kier alpha value is -4.86. The molecule has 2 N–H and O–H groups in total. The highest BCUT2D eigenvalue weighted by Crippen LogP contribution is 2.45. The summed E-state index contributed by atoms with van der Waals surface area (Å²) in [5.41, 5.74) is 14.7. The first-order valence-corrected chi connectivity index (χ1v) is 17.4. The average Bonchev–Trinajstić information content (AvgIpc) is 3.59. The molecule has 9 nitrogen and oxygen atoms in total. The number of amides is 2. The summed E-state index contributed by atoms with van der Waals surface area (Å²) in [6.07, 6.45) is 4.70. The highest BCUT2D eigenvalue weighted by Gasteiger charge is 2.42. The zero-order valence-electron chi connectivity index (χ0n) is 28.8. The summed E-state index contributed by atoms with van der Waals surface area (Å²) in [6.45, 7) is 10.4. The molecule has 0 fully saturated rings. The molecule has 3 aromatic carbocycles. The van der Waals surface area contributed by atoms with E-state index in [1.165, 1.54) is 0 Å². The Kier molecular flexibility index (Phi) is 8.60. The number of aryl methyl sites for hydroxylation is 6. The van der Waals surface area contributed by atoms with Crippen molar-refractivity contribution in [3.05, 3.63) is 105 Å². The van der Waals surface area contributed by atoms with Gasteiger partial charge in [-0.15, -0.1) is 0 Å². The molecule has 1 aliphatic rings. The van der Waals surface area contributed by atoms with Crippen LogP contribution in [0.1, 0.15) is 68.3 Å². The van der Waals surface area contributed by atoms with Gasteiger partial charge in [-0.2, -0.15) is 0 Å². The lowest BCUT2D eigenvalue weighted by Crippen LogP contribution is -2.47. The van der Waals surface area contributed by atoms with Gasteiger partial charge in [-0.25, -0.2) is 9.97 Å². The van der Waals surface area contributed by atoms with Gasteiger partial charge in [0.1, 0.15) is 23.3 Å². The third-order valence-electron chi connectivity index (χ3n) is 9.86. The molecule has 1 aliphatic heterocycles. The number of nitrogens with two attached hydrogens (primary N) is 1. The fourth-order valence-electron chi connectivity index (χ4n) is 7.46. The maximum atomic E-state index is 15.0. The van der Waals surface area contributed by atoms with Gasteiger partial charge in [-0.3, -0.25) is 14.5 Å². The number of nitrogens with zero attached hydrogens (tertiary/aromatic N) is 5. The van der Waals surface area contributed by atoms with E-state index in [0.717, 1.165) is 71.8 Å². The molecule has 256 valence electrons. The molecule has 11 heteroatoms. The Labute approximate surface area is 300 Å². The molecular formula is C39H38Cl2N6O3. The normalized spacial score (nSPS) is 16.0. The van der Waals surface area contributed by atoms with Crippen LogP contribution in [0, 0.1) is 27.7 Å². The first kappa shape index (κ1) is 33.6. The van der Waals surface area contributed by atoms with Gasteiger partial charge in [0.2, 0.25) is 5.91 Å². The quantitative estimate of drug-likeness (QED) is 0.0971. The van der Waals surface area contributed by atoms with Crippen LogP contribution >= 0.6 is 23.2 Å². The van der Waals surface area contributed by atoms with Crippen LogP contribution in [0.2, 0.25) is 5.02 Å². The van der Waals surface area contributed by atoms with E-state index >= 15 is 4.79 Å². The lowest BCUT2D eigenvalue weighted by molar-refractivity contribution is 0.0950. The average molecular weight is 710 g/mol. The summed E-state index contributed by atoms with van der Waals surface area (Å²) in [5, 5.41) is 2.43. The van der Waals surface area contributed by atoms with E-state index in [4.69, 9.17) is 33.7 Å². The molecule has 2 amide bonds. The van der Waals surface area contributed by atoms with E-state index in [2.05, 4.69) is 26.7 Å². The maximum Gasteiger partial charge on any atom is 0.276 e. The molecule has 3 aromatic heterocycles. The number of primary amides is 1. The molecule has 0 saturated heterocycles. The number of benzene rings is 3.